The second kappa shape index (κ2) is 7.31. The molecule has 1 atom stereocenters. The van der Waals surface area contributed by atoms with Crippen LogP contribution in [0.4, 0.5) is 0 Å². The molecule has 0 bridgehead atoms. The van der Waals surface area contributed by atoms with Crippen molar-refractivity contribution in [2.24, 2.45) is 0 Å². The fraction of sp³-hybridized carbons (Fsp3) is 0.429. The van der Waals surface area contributed by atoms with Crippen LogP contribution in [0.25, 0.3) is 0 Å². The number of hydrogen-bond acceptors (Lipinski definition) is 5. The van der Waals surface area contributed by atoms with Gasteiger partial charge in [0.05, 0.1) is 14.2 Å². The van der Waals surface area contributed by atoms with Gasteiger partial charge in [-0.15, -0.1) is 0 Å². The molecule has 0 unspecified atom stereocenters. The van der Waals surface area contributed by atoms with Crippen molar-refractivity contribution in [3.05, 3.63) is 21.7 Å². The minimum Gasteiger partial charge on any atom is -0.504 e. The summed E-state index contributed by atoms with van der Waals surface area (Å²) < 4.78 is 10.5. The van der Waals surface area contributed by atoms with Gasteiger partial charge in [-0.2, -0.15) is 0 Å². The number of hydrogen-bond donors (Lipinski definition) is 2. The van der Waals surface area contributed by atoms with Crippen LogP contribution in [0.3, 0.4) is 0 Å². The lowest BCUT2D eigenvalue weighted by atomic mass is 10.0. The number of halogens is 1. The Morgan fingerprint density at radius 2 is 2.05 bits per heavy atom. The molecular formula is C14H18BrNO5. The molecule has 0 heterocycles. The number of carbonyl (C=O) groups is 2. The number of phenols is 1. The second-order valence-electron chi connectivity index (χ2n) is 4.51. The quantitative estimate of drug-likeness (QED) is 0.781. The minimum absolute atomic E-state index is 0.0281. The number of phenolic OH excluding ortho intramolecular Hbond substituents is 1. The highest BCUT2D eigenvalue weighted by Gasteiger charge is 2.23. The van der Waals surface area contributed by atoms with Crippen LogP contribution in [0, 0.1) is 6.92 Å². The summed E-state index contributed by atoms with van der Waals surface area (Å²) in [5, 5.41) is 12.5. The van der Waals surface area contributed by atoms with Crippen LogP contribution in [0.1, 0.15) is 18.1 Å². The number of rotatable bonds is 5. The molecule has 1 rings (SSSR count). The highest BCUT2D eigenvalue weighted by atomic mass is 79.9. The summed E-state index contributed by atoms with van der Waals surface area (Å²) in [6, 6.07) is 0.671. The van der Waals surface area contributed by atoms with Crippen LogP contribution in [0.2, 0.25) is 0 Å². The summed E-state index contributed by atoms with van der Waals surface area (Å²) in [6.45, 7) is 3.10. The summed E-state index contributed by atoms with van der Waals surface area (Å²) in [5.74, 6) is -0.555. The highest BCUT2D eigenvalue weighted by molar-refractivity contribution is 9.10. The average Bonchev–Trinajstić information content (AvgIpc) is 2.42. The van der Waals surface area contributed by atoms with Gasteiger partial charge in [0.25, 0.3) is 0 Å². The van der Waals surface area contributed by atoms with Gasteiger partial charge in [-0.1, -0.05) is 15.9 Å². The number of aromatic hydroxyl groups is 1. The Kier molecular flexibility index (Phi) is 6.02. The zero-order valence-corrected chi connectivity index (χ0v) is 13.9. The maximum Gasteiger partial charge on any atom is 0.328 e. The number of ether oxygens (including phenoxy) is 2. The van der Waals surface area contributed by atoms with E-state index in [4.69, 9.17) is 4.74 Å². The molecule has 0 aromatic heterocycles. The number of benzene rings is 1. The summed E-state index contributed by atoms with van der Waals surface area (Å²) in [6.07, 6.45) is 0.186. The van der Waals surface area contributed by atoms with E-state index in [9.17, 15) is 14.7 Å². The molecule has 1 aromatic carbocycles. The summed E-state index contributed by atoms with van der Waals surface area (Å²) in [7, 11) is 2.71. The SMILES string of the molecule is COC(=O)[C@H](Cc1cc(O)c(OC)c(C)c1Br)NC(C)=O. The largest absolute Gasteiger partial charge is 0.504 e. The molecule has 7 heteroatoms. The molecule has 0 aliphatic heterocycles. The lowest BCUT2D eigenvalue weighted by Crippen LogP contribution is -2.42. The maximum atomic E-state index is 11.7. The molecule has 2 N–H and O–H groups in total. The number of esters is 1. The number of carbonyl (C=O) groups excluding carboxylic acids is 2. The fourth-order valence-electron chi connectivity index (χ4n) is 2.03. The van der Waals surface area contributed by atoms with Gasteiger partial charge in [-0.3, -0.25) is 4.79 Å². The minimum atomic E-state index is -0.823. The van der Waals surface area contributed by atoms with Gasteiger partial charge in [0.2, 0.25) is 5.91 Å². The van der Waals surface area contributed by atoms with Gasteiger partial charge in [-0.05, 0) is 18.6 Å². The van der Waals surface area contributed by atoms with E-state index in [-0.39, 0.29) is 18.1 Å². The second-order valence-corrected chi connectivity index (χ2v) is 5.30. The Bertz CT molecular complexity index is 559. The maximum absolute atomic E-state index is 11.7. The van der Waals surface area contributed by atoms with E-state index in [0.717, 1.165) is 0 Å². The molecule has 1 amide bonds. The van der Waals surface area contributed by atoms with Crippen LogP contribution in [0.5, 0.6) is 11.5 Å². The molecule has 1 aromatic rings. The Morgan fingerprint density at radius 3 is 2.52 bits per heavy atom. The van der Waals surface area contributed by atoms with E-state index in [1.807, 2.05) is 0 Å². The van der Waals surface area contributed by atoms with Crippen molar-refractivity contribution in [1.29, 1.82) is 0 Å². The molecule has 0 saturated carbocycles. The topological polar surface area (TPSA) is 84.9 Å². The average molecular weight is 360 g/mol. The van der Waals surface area contributed by atoms with Gasteiger partial charge in [0, 0.05) is 23.4 Å². The monoisotopic (exact) mass is 359 g/mol. The molecule has 6 nitrogen and oxygen atoms in total. The first-order valence-electron chi connectivity index (χ1n) is 6.21. The van der Waals surface area contributed by atoms with Gasteiger partial charge in [0.15, 0.2) is 11.5 Å². The normalized spacial score (nSPS) is 11.7. The van der Waals surface area contributed by atoms with Crippen LogP contribution < -0.4 is 10.1 Å². The first kappa shape index (κ1) is 17.3. The Morgan fingerprint density at radius 1 is 1.43 bits per heavy atom. The van der Waals surface area contributed by atoms with Gasteiger partial charge in [0.1, 0.15) is 6.04 Å². The molecule has 0 aliphatic rings. The van der Waals surface area contributed by atoms with Crippen molar-refractivity contribution in [2.75, 3.05) is 14.2 Å². The first-order valence-corrected chi connectivity index (χ1v) is 7.01. The van der Waals surface area contributed by atoms with Crippen molar-refractivity contribution in [3.63, 3.8) is 0 Å². The van der Waals surface area contributed by atoms with Gasteiger partial charge in [-0.25, -0.2) is 4.79 Å². The van der Waals surface area contributed by atoms with Crippen molar-refractivity contribution < 1.29 is 24.2 Å². The molecular weight excluding hydrogens is 342 g/mol. The standard InChI is InChI=1S/C14H18BrNO5/c1-7-12(15)9(6-11(18)13(7)20-3)5-10(14(19)21-4)16-8(2)17/h6,10,18H,5H2,1-4H3,(H,16,17)/t10-/m0/s1. The van der Waals surface area contributed by atoms with E-state index >= 15 is 0 Å². The third-order valence-electron chi connectivity index (χ3n) is 2.99. The number of methoxy groups -OCH3 is 2. The van der Waals surface area contributed by atoms with Crippen molar-refractivity contribution in [3.8, 4) is 11.5 Å². The highest BCUT2D eigenvalue weighted by Crippen LogP contribution is 2.37. The van der Waals surface area contributed by atoms with Crippen LogP contribution >= 0.6 is 15.9 Å². The fourth-order valence-corrected chi connectivity index (χ4v) is 2.49. The molecule has 0 spiro atoms. The van der Waals surface area contributed by atoms with Crippen molar-refractivity contribution >= 4 is 27.8 Å². The van der Waals surface area contributed by atoms with E-state index in [1.54, 1.807) is 6.92 Å². The van der Waals surface area contributed by atoms with E-state index in [2.05, 4.69) is 26.0 Å². The van der Waals surface area contributed by atoms with E-state index < -0.39 is 12.0 Å². The molecule has 0 radical (unpaired) electrons. The Labute approximate surface area is 131 Å². The van der Waals surface area contributed by atoms with Crippen molar-refractivity contribution in [1.82, 2.24) is 5.32 Å². The lowest BCUT2D eigenvalue weighted by Gasteiger charge is -2.18. The zero-order chi connectivity index (χ0) is 16.2. The molecule has 0 saturated heterocycles. The van der Waals surface area contributed by atoms with Crippen molar-refractivity contribution in [2.45, 2.75) is 26.3 Å². The number of nitrogens with one attached hydrogen (secondary N) is 1. The molecule has 21 heavy (non-hydrogen) atoms. The van der Waals surface area contributed by atoms with Crippen LogP contribution in [-0.2, 0) is 20.7 Å². The Hall–Kier alpha value is -1.76. The van der Waals surface area contributed by atoms with Gasteiger partial charge >= 0.3 is 5.97 Å². The predicted octanol–water partition coefficient (Wildman–Crippen LogP) is 1.69. The summed E-state index contributed by atoms with van der Waals surface area (Å²) in [5.41, 5.74) is 1.37. The third-order valence-corrected chi connectivity index (χ3v) is 4.09. The number of amides is 1. The zero-order valence-electron chi connectivity index (χ0n) is 12.3. The molecule has 0 fully saturated rings. The van der Waals surface area contributed by atoms with Crippen LogP contribution in [0.15, 0.2) is 10.5 Å². The first-order chi connectivity index (χ1) is 9.81. The molecule has 0 aliphatic carbocycles. The smallest absolute Gasteiger partial charge is 0.328 e. The van der Waals surface area contributed by atoms with E-state index in [1.165, 1.54) is 27.2 Å². The Balaban J connectivity index is 3.15. The summed E-state index contributed by atoms with van der Waals surface area (Å²) in [4.78, 5) is 22.9. The van der Waals surface area contributed by atoms with E-state index in [0.29, 0.717) is 21.3 Å². The predicted molar refractivity (Wildman–Crippen MR) is 80.4 cm³/mol. The van der Waals surface area contributed by atoms with Gasteiger partial charge < -0.3 is 19.9 Å². The van der Waals surface area contributed by atoms with Crippen LogP contribution in [-0.4, -0.2) is 37.2 Å². The third kappa shape index (κ3) is 4.10. The lowest BCUT2D eigenvalue weighted by molar-refractivity contribution is -0.144. The molecule has 116 valence electrons. The summed E-state index contributed by atoms with van der Waals surface area (Å²) >= 11 is 3.42.